The van der Waals surface area contributed by atoms with Gasteiger partial charge in [0.2, 0.25) is 0 Å². The van der Waals surface area contributed by atoms with Crippen LogP contribution in [0.1, 0.15) is 16.6 Å². The number of benzene rings is 1. The summed E-state index contributed by atoms with van der Waals surface area (Å²) in [5, 5.41) is 29.3. The average Bonchev–Trinajstić information content (AvgIpc) is 3.32. The molecule has 0 bridgehead atoms. The molecule has 0 saturated carbocycles. The van der Waals surface area contributed by atoms with E-state index in [1.165, 1.54) is 21.1 Å². The van der Waals surface area contributed by atoms with Crippen molar-refractivity contribution >= 4 is 38.9 Å². The summed E-state index contributed by atoms with van der Waals surface area (Å²) < 4.78 is 13.2. The van der Waals surface area contributed by atoms with Crippen LogP contribution in [0.5, 0.6) is 5.75 Å². The van der Waals surface area contributed by atoms with Crippen molar-refractivity contribution in [2.45, 2.75) is 24.5 Å². The van der Waals surface area contributed by atoms with Crippen LogP contribution in [0, 0.1) is 3.82 Å². The molecule has 1 aliphatic heterocycles. The van der Waals surface area contributed by atoms with E-state index in [1.807, 2.05) is 18.2 Å². The van der Waals surface area contributed by atoms with Crippen LogP contribution in [0.25, 0.3) is 10.4 Å². The lowest BCUT2D eigenvalue weighted by Crippen LogP contribution is -2.46. The first-order chi connectivity index (χ1) is 14.5. The van der Waals surface area contributed by atoms with Crippen LogP contribution in [0.4, 0.5) is 0 Å². The maximum atomic E-state index is 12.6. The van der Waals surface area contributed by atoms with Gasteiger partial charge in [0.1, 0.15) is 27.3 Å². The van der Waals surface area contributed by atoms with Crippen molar-refractivity contribution in [3.05, 3.63) is 64.2 Å². The maximum absolute atomic E-state index is 12.6. The molecule has 0 aliphatic carbocycles. The smallest absolute Gasteiger partial charge is 0.349 e. The summed E-state index contributed by atoms with van der Waals surface area (Å²) >= 11 is 5.15. The highest BCUT2D eigenvalue weighted by atomic mass is 32.9. The van der Waals surface area contributed by atoms with Gasteiger partial charge in [-0.15, -0.1) is 0 Å². The van der Waals surface area contributed by atoms with Gasteiger partial charge in [-0.1, -0.05) is 32.9 Å². The molecule has 3 N–H and O–H groups in total. The van der Waals surface area contributed by atoms with Gasteiger partial charge in [0, 0.05) is 10.9 Å². The van der Waals surface area contributed by atoms with E-state index in [1.54, 1.807) is 40.8 Å². The molecule has 4 rings (SSSR count). The molecule has 3 heterocycles. The van der Waals surface area contributed by atoms with E-state index in [9.17, 15) is 20.1 Å². The van der Waals surface area contributed by atoms with Crippen molar-refractivity contribution in [1.29, 1.82) is 0 Å². The third-order valence-corrected chi connectivity index (χ3v) is 7.59. The Morgan fingerprint density at radius 1 is 1.17 bits per heavy atom. The molecule has 0 spiro atoms. The number of carbonyl (C=O) groups excluding carboxylic acids is 1. The van der Waals surface area contributed by atoms with Crippen LogP contribution in [0.2, 0.25) is 0 Å². The molecule has 1 aliphatic rings. The Kier molecular flexibility index (Phi) is 6.34. The Hall–Kier alpha value is -2.05. The summed E-state index contributed by atoms with van der Waals surface area (Å²) in [4.78, 5) is 13.6. The average molecular weight is 465 g/mol. The lowest BCUT2D eigenvalue weighted by Gasteiger charge is -2.10. The molecular weight excluding hydrogens is 446 g/mol. The topological polar surface area (TPSA) is 100 Å². The molecular formula is C20H18NO6S3+. The highest BCUT2D eigenvalue weighted by molar-refractivity contribution is 7.80. The van der Waals surface area contributed by atoms with Crippen molar-refractivity contribution in [1.82, 2.24) is 0 Å². The van der Waals surface area contributed by atoms with Crippen LogP contribution >= 0.6 is 32.9 Å². The first kappa shape index (κ1) is 21.2. The molecule has 0 radical (unpaired) electrons. The predicted molar refractivity (Wildman–Crippen MR) is 113 cm³/mol. The maximum Gasteiger partial charge on any atom is 0.349 e. The Labute approximate surface area is 184 Å². The van der Waals surface area contributed by atoms with Gasteiger partial charge < -0.3 is 24.8 Å². The fourth-order valence-electron chi connectivity index (χ4n) is 3.12. The van der Waals surface area contributed by atoms with Gasteiger partial charge in [0.25, 0.3) is 6.23 Å². The molecule has 4 atom stereocenters. The summed E-state index contributed by atoms with van der Waals surface area (Å²) in [6.07, 6.45) is -1.21. The van der Waals surface area contributed by atoms with Crippen molar-refractivity contribution in [2.24, 2.45) is 0 Å². The summed E-state index contributed by atoms with van der Waals surface area (Å²) in [6.45, 7) is -0.424. The van der Waals surface area contributed by atoms with E-state index < -0.39 is 37.1 Å². The molecule has 1 aromatic carbocycles. The number of aromatic nitrogens is 1. The molecule has 30 heavy (non-hydrogen) atoms. The number of ether oxygens (including phenoxy) is 2. The van der Waals surface area contributed by atoms with Gasteiger partial charge in [-0.25, -0.2) is 4.79 Å². The quantitative estimate of drug-likeness (QED) is 0.175. The highest BCUT2D eigenvalue weighted by Gasteiger charge is 2.48. The first-order valence-corrected chi connectivity index (χ1v) is 11.6. The molecule has 10 heteroatoms. The number of esters is 1. The Morgan fingerprint density at radius 3 is 2.57 bits per heavy atom. The molecule has 2 aromatic heterocycles. The van der Waals surface area contributed by atoms with E-state index in [-0.39, 0.29) is 5.56 Å². The van der Waals surface area contributed by atoms with E-state index >= 15 is 0 Å². The zero-order chi connectivity index (χ0) is 21.3. The fourth-order valence-corrected chi connectivity index (χ4v) is 5.53. The van der Waals surface area contributed by atoms with Crippen LogP contribution in [0.3, 0.4) is 0 Å². The standard InChI is InChI=1S/C20H18NO6S3/c22-10-14-17(23)18(24)19(27-14)21-7-1-2-12(9-21)20(25)26-13-5-3-11(4-6-13)15-8-16(28)30-29-15/h1-9,14,17-19,22-24H,10H2/q+1/t14-,17-,18-,19?/m1/s1. The molecule has 1 saturated heterocycles. The Bertz CT molecular complexity index is 1100. The van der Waals surface area contributed by atoms with Gasteiger partial charge in [-0.3, -0.25) is 0 Å². The summed E-state index contributed by atoms with van der Waals surface area (Å²) in [5.41, 5.74) is 1.24. The first-order valence-electron chi connectivity index (χ1n) is 9.02. The number of hydrogen-bond donors (Lipinski definition) is 3. The number of rotatable bonds is 5. The second-order valence-corrected chi connectivity index (χ2v) is 9.59. The number of aliphatic hydroxyl groups excluding tert-OH is 3. The van der Waals surface area contributed by atoms with Crippen LogP contribution in [-0.2, 0) is 4.74 Å². The van der Waals surface area contributed by atoms with Crippen LogP contribution in [0.15, 0.2) is 54.9 Å². The van der Waals surface area contributed by atoms with Crippen molar-refractivity contribution < 1.29 is 34.2 Å². The molecule has 156 valence electrons. The van der Waals surface area contributed by atoms with Crippen molar-refractivity contribution in [3.63, 3.8) is 0 Å². The van der Waals surface area contributed by atoms with E-state index in [2.05, 4.69) is 0 Å². The lowest BCUT2D eigenvalue weighted by atomic mass is 10.1. The van der Waals surface area contributed by atoms with E-state index in [0.29, 0.717) is 5.75 Å². The number of pyridine rings is 1. The van der Waals surface area contributed by atoms with Gasteiger partial charge in [-0.05, 0) is 42.0 Å². The number of hydrogen-bond acceptors (Lipinski definition) is 9. The fraction of sp³-hybridized carbons (Fsp3) is 0.250. The minimum atomic E-state index is -1.24. The van der Waals surface area contributed by atoms with Crippen molar-refractivity contribution in [2.75, 3.05) is 6.61 Å². The zero-order valence-electron chi connectivity index (χ0n) is 15.5. The second-order valence-electron chi connectivity index (χ2n) is 6.68. The SMILES string of the molecule is O=C(Oc1ccc(-c2cc(=S)ss2)cc1)c1ccc[n+](C2O[C@H](CO)[C@@H](O)[C@H]2O)c1. The summed E-state index contributed by atoms with van der Waals surface area (Å²) in [6, 6.07) is 12.3. The largest absolute Gasteiger partial charge is 0.423 e. The monoisotopic (exact) mass is 464 g/mol. The Morgan fingerprint density at radius 2 is 1.93 bits per heavy atom. The molecule has 1 fully saturated rings. The van der Waals surface area contributed by atoms with Gasteiger partial charge in [0.05, 0.1) is 6.61 Å². The minimum Gasteiger partial charge on any atom is -0.423 e. The van der Waals surface area contributed by atoms with Gasteiger partial charge in [0.15, 0.2) is 18.5 Å². The van der Waals surface area contributed by atoms with Gasteiger partial charge >= 0.3 is 5.97 Å². The molecule has 7 nitrogen and oxygen atoms in total. The summed E-state index contributed by atoms with van der Waals surface area (Å²) in [5.74, 6) is -0.180. The van der Waals surface area contributed by atoms with Gasteiger partial charge in [-0.2, -0.15) is 4.57 Å². The predicted octanol–water partition coefficient (Wildman–Crippen LogP) is 2.32. The second kappa shape index (κ2) is 8.98. The third kappa shape index (κ3) is 4.35. The van der Waals surface area contributed by atoms with Crippen LogP contribution in [-0.4, -0.2) is 46.2 Å². The number of nitrogens with zero attached hydrogens (tertiary/aromatic N) is 1. The molecule has 0 amide bonds. The van der Waals surface area contributed by atoms with E-state index in [0.717, 1.165) is 14.3 Å². The highest BCUT2D eigenvalue weighted by Crippen LogP contribution is 2.30. The Balaban J connectivity index is 1.48. The van der Waals surface area contributed by atoms with Crippen LogP contribution < -0.4 is 9.30 Å². The number of carbonyl (C=O) groups is 1. The minimum absolute atomic E-state index is 0.245. The third-order valence-electron chi connectivity index (χ3n) is 4.68. The number of aliphatic hydroxyl groups is 3. The van der Waals surface area contributed by atoms with E-state index in [4.69, 9.17) is 21.7 Å². The summed E-state index contributed by atoms with van der Waals surface area (Å²) in [7, 11) is 3.13. The normalized spacial score (nSPS) is 23.4. The lowest BCUT2D eigenvalue weighted by molar-refractivity contribution is -0.765. The van der Waals surface area contributed by atoms with Crippen molar-refractivity contribution in [3.8, 4) is 16.2 Å². The molecule has 3 aromatic rings. The molecule has 1 unspecified atom stereocenters. The zero-order valence-corrected chi connectivity index (χ0v) is 17.9.